The van der Waals surface area contributed by atoms with Gasteiger partial charge in [0.1, 0.15) is 0 Å². The van der Waals surface area contributed by atoms with E-state index < -0.39 is 5.54 Å². The van der Waals surface area contributed by atoms with E-state index in [0.717, 1.165) is 30.6 Å². The van der Waals surface area contributed by atoms with E-state index in [2.05, 4.69) is 28.4 Å². The number of benzene rings is 3. The number of hydrogen-bond acceptors (Lipinski definition) is 3. The number of fused-ring (bicyclic) bond motifs is 1. The summed E-state index contributed by atoms with van der Waals surface area (Å²) in [5, 5.41) is 3.05. The van der Waals surface area contributed by atoms with Gasteiger partial charge in [0.05, 0.1) is 6.67 Å². The van der Waals surface area contributed by atoms with Crippen LogP contribution in [-0.4, -0.2) is 35.0 Å². The molecule has 31 heavy (non-hydrogen) atoms. The molecule has 2 aliphatic rings. The first-order chi connectivity index (χ1) is 15.2. The second-order valence-corrected chi connectivity index (χ2v) is 8.31. The molecule has 2 heterocycles. The molecule has 1 atom stereocenters. The number of imide groups is 1. The van der Waals surface area contributed by atoms with Gasteiger partial charge in [-0.3, -0.25) is 9.69 Å². The minimum Gasteiger partial charge on any atom is -0.319 e. The fraction of sp³-hybridized carbons (Fsp3) is 0.231. The summed E-state index contributed by atoms with van der Waals surface area (Å²) in [6.45, 7) is 1.86. The van der Waals surface area contributed by atoms with E-state index in [4.69, 9.17) is 0 Å². The van der Waals surface area contributed by atoms with Crippen molar-refractivity contribution in [3.05, 3.63) is 107 Å². The first-order valence-electron chi connectivity index (χ1n) is 10.7. The van der Waals surface area contributed by atoms with E-state index in [0.29, 0.717) is 13.1 Å². The lowest BCUT2D eigenvalue weighted by molar-refractivity contribution is -0.133. The Balaban J connectivity index is 1.43. The molecule has 0 radical (unpaired) electrons. The molecule has 5 nitrogen and oxygen atoms in total. The van der Waals surface area contributed by atoms with Gasteiger partial charge in [0.15, 0.2) is 5.54 Å². The Morgan fingerprint density at radius 2 is 1.45 bits per heavy atom. The Morgan fingerprint density at radius 3 is 2.19 bits per heavy atom. The van der Waals surface area contributed by atoms with E-state index in [1.807, 2.05) is 66.7 Å². The number of amides is 3. The van der Waals surface area contributed by atoms with Crippen LogP contribution in [0.15, 0.2) is 84.9 Å². The highest BCUT2D eigenvalue weighted by Crippen LogP contribution is 2.33. The molecule has 5 heteroatoms. The van der Waals surface area contributed by atoms with Crippen LogP contribution in [0.25, 0.3) is 0 Å². The Hall–Kier alpha value is -3.44. The van der Waals surface area contributed by atoms with Gasteiger partial charge >= 0.3 is 6.03 Å². The molecule has 156 valence electrons. The standard InChI is InChI=1S/C26H25N3O2/c30-24-26(23-13-5-2-6-14-23,17-20-9-3-1-4-10-20)27-25(31)29(24)19-28-16-15-21-11-7-8-12-22(21)18-28/h1-14H,15-19H2,(H,27,31)/t26-/m0/s1. The molecule has 0 aliphatic carbocycles. The van der Waals surface area contributed by atoms with Crippen LogP contribution in [-0.2, 0) is 29.7 Å². The van der Waals surface area contributed by atoms with Crippen molar-refractivity contribution in [3.63, 3.8) is 0 Å². The molecule has 0 saturated carbocycles. The molecule has 1 N–H and O–H groups in total. The van der Waals surface area contributed by atoms with Gasteiger partial charge in [-0.25, -0.2) is 9.69 Å². The van der Waals surface area contributed by atoms with Gasteiger partial charge in [0.25, 0.3) is 5.91 Å². The molecular formula is C26H25N3O2. The second-order valence-electron chi connectivity index (χ2n) is 8.31. The van der Waals surface area contributed by atoms with E-state index in [9.17, 15) is 9.59 Å². The van der Waals surface area contributed by atoms with Crippen LogP contribution in [0.5, 0.6) is 0 Å². The second kappa shape index (κ2) is 8.00. The van der Waals surface area contributed by atoms with Gasteiger partial charge in [0, 0.05) is 19.5 Å². The molecule has 1 fully saturated rings. The van der Waals surface area contributed by atoms with Gasteiger partial charge in [-0.15, -0.1) is 0 Å². The number of carbonyl (C=O) groups excluding carboxylic acids is 2. The molecule has 0 unspecified atom stereocenters. The van der Waals surface area contributed by atoms with E-state index in [-0.39, 0.29) is 11.9 Å². The van der Waals surface area contributed by atoms with Crippen molar-refractivity contribution in [1.82, 2.24) is 15.1 Å². The van der Waals surface area contributed by atoms with E-state index in [1.54, 1.807) is 0 Å². The quantitative estimate of drug-likeness (QED) is 0.652. The van der Waals surface area contributed by atoms with Crippen molar-refractivity contribution < 1.29 is 9.59 Å². The van der Waals surface area contributed by atoms with Crippen LogP contribution < -0.4 is 5.32 Å². The molecular weight excluding hydrogens is 386 g/mol. The maximum atomic E-state index is 13.8. The number of nitrogens with one attached hydrogen (secondary N) is 1. The maximum Gasteiger partial charge on any atom is 0.326 e. The molecule has 1 saturated heterocycles. The van der Waals surface area contributed by atoms with Gasteiger partial charge in [-0.2, -0.15) is 0 Å². The van der Waals surface area contributed by atoms with Crippen molar-refractivity contribution >= 4 is 11.9 Å². The zero-order chi connectivity index (χ0) is 21.3. The lowest BCUT2D eigenvalue weighted by Gasteiger charge is -2.32. The summed E-state index contributed by atoms with van der Waals surface area (Å²) in [4.78, 5) is 30.4. The summed E-state index contributed by atoms with van der Waals surface area (Å²) in [5.74, 6) is -0.189. The van der Waals surface area contributed by atoms with Gasteiger partial charge in [-0.05, 0) is 28.7 Å². The summed E-state index contributed by atoms with van der Waals surface area (Å²) in [6, 6.07) is 27.5. The zero-order valence-electron chi connectivity index (χ0n) is 17.3. The predicted molar refractivity (Wildman–Crippen MR) is 119 cm³/mol. The monoisotopic (exact) mass is 411 g/mol. The summed E-state index contributed by atoms with van der Waals surface area (Å²) in [5.41, 5.74) is 3.34. The third kappa shape index (κ3) is 3.62. The highest BCUT2D eigenvalue weighted by molar-refractivity contribution is 6.07. The lowest BCUT2D eigenvalue weighted by atomic mass is 9.83. The highest BCUT2D eigenvalue weighted by atomic mass is 16.2. The SMILES string of the molecule is O=C1N[C@@](Cc2ccccc2)(c2ccccc2)C(=O)N1CN1CCc2ccccc2C1. The number of hydrogen-bond donors (Lipinski definition) is 1. The molecule has 0 bridgehead atoms. The molecule has 2 aliphatic heterocycles. The number of urea groups is 1. The van der Waals surface area contributed by atoms with E-state index >= 15 is 0 Å². The largest absolute Gasteiger partial charge is 0.326 e. The third-order valence-electron chi connectivity index (χ3n) is 6.31. The molecule has 3 aromatic carbocycles. The average Bonchev–Trinajstić information content (AvgIpc) is 3.05. The minimum absolute atomic E-state index is 0.189. The van der Waals surface area contributed by atoms with Crippen molar-refractivity contribution in [2.45, 2.75) is 24.9 Å². The van der Waals surface area contributed by atoms with Crippen LogP contribution in [0.1, 0.15) is 22.3 Å². The summed E-state index contributed by atoms with van der Waals surface area (Å²) >= 11 is 0. The van der Waals surface area contributed by atoms with Crippen molar-refractivity contribution in [1.29, 1.82) is 0 Å². The van der Waals surface area contributed by atoms with Crippen molar-refractivity contribution in [2.24, 2.45) is 0 Å². The van der Waals surface area contributed by atoms with Gasteiger partial charge in [-0.1, -0.05) is 84.9 Å². The van der Waals surface area contributed by atoms with Gasteiger partial charge in [0.2, 0.25) is 0 Å². The van der Waals surface area contributed by atoms with Crippen LogP contribution in [0.4, 0.5) is 4.79 Å². The van der Waals surface area contributed by atoms with Gasteiger partial charge < -0.3 is 5.32 Å². The fourth-order valence-corrected chi connectivity index (χ4v) is 4.67. The molecule has 3 amide bonds. The summed E-state index contributed by atoms with van der Waals surface area (Å²) < 4.78 is 0. The molecule has 0 aromatic heterocycles. The van der Waals surface area contributed by atoms with Crippen molar-refractivity contribution in [2.75, 3.05) is 13.2 Å². The van der Waals surface area contributed by atoms with Crippen LogP contribution in [0.2, 0.25) is 0 Å². The lowest BCUT2D eigenvalue weighted by Crippen LogP contribution is -2.47. The Bertz CT molecular complexity index is 1100. The number of rotatable bonds is 5. The zero-order valence-corrected chi connectivity index (χ0v) is 17.3. The first-order valence-corrected chi connectivity index (χ1v) is 10.7. The molecule has 0 spiro atoms. The third-order valence-corrected chi connectivity index (χ3v) is 6.31. The number of carbonyl (C=O) groups is 2. The summed E-state index contributed by atoms with van der Waals surface area (Å²) in [6.07, 6.45) is 1.34. The van der Waals surface area contributed by atoms with Crippen LogP contribution in [0.3, 0.4) is 0 Å². The molecule has 5 rings (SSSR count). The maximum absolute atomic E-state index is 13.8. The number of nitrogens with zero attached hydrogens (tertiary/aromatic N) is 2. The Morgan fingerprint density at radius 1 is 0.806 bits per heavy atom. The minimum atomic E-state index is -1.09. The fourth-order valence-electron chi connectivity index (χ4n) is 4.67. The van der Waals surface area contributed by atoms with Crippen LogP contribution in [0, 0.1) is 0 Å². The summed E-state index contributed by atoms with van der Waals surface area (Å²) in [7, 11) is 0. The van der Waals surface area contributed by atoms with Crippen LogP contribution >= 0.6 is 0 Å². The average molecular weight is 412 g/mol. The topological polar surface area (TPSA) is 52.7 Å². The predicted octanol–water partition coefficient (Wildman–Crippen LogP) is 3.69. The normalized spacial score (nSPS) is 21.1. The Labute approximate surface area is 182 Å². The Kier molecular flexibility index (Phi) is 5.04. The molecule has 3 aromatic rings. The smallest absolute Gasteiger partial charge is 0.319 e. The first kappa shape index (κ1) is 19.5. The highest BCUT2D eigenvalue weighted by Gasteiger charge is 2.52. The van der Waals surface area contributed by atoms with E-state index in [1.165, 1.54) is 16.0 Å². The van der Waals surface area contributed by atoms with Crippen molar-refractivity contribution in [3.8, 4) is 0 Å².